The van der Waals surface area contributed by atoms with Gasteiger partial charge < -0.3 is 11.1 Å². The van der Waals surface area contributed by atoms with E-state index in [2.05, 4.69) is 5.32 Å². The van der Waals surface area contributed by atoms with Crippen molar-refractivity contribution in [2.24, 2.45) is 11.7 Å². The molecule has 0 saturated heterocycles. The quantitative estimate of drug-likeness (QED) is 0.780. The van der Waals surface area contributed by atoms with Gasteiger partial charge in [0.15, 0.2) is 0 Å². The van der Waals surface area contributed by atoms with Gasteiger partial charge in [-0.2, -0.15) is 0 Å². The van der Waals surface area contributed by atoms with E-state index < -0.39 is 11.8 Å². The molecule has 7 heteroatoms. The predicted molar refractivity (Wildman–Crippen MR) is 87.5 cm³/mol. The zero-order chi connectivity index (χ0) is 15.9. The summed E-state index contributed by atoms with van der Waals surface area (Å²) in [4.78, 5) is 37.6. The van der Waals surface area contributed by atoms with Crippen LogP contribution in [0, 0.1) is 12.8 Å². The third-order valence-electron chi connectivity index (χ3n) is 4.22. The normalized spacial score (nSPS) is 17.6. The van der Waals surface area contributed by atoms with Crippen LogP contribution in [0.4, 0.5) is 0 Å². The second-order valence-corrected chi connectivity index (χ2v) is 5.99. The summed E-state index contributed by atoms with van der Waals surface area (Å²) in [5.74, 6) is -0.729. The van der Waals surface area contributed by atoms with Gasteiger partial charge >= 0.3 is 0 Å². The zero-order valence-electron chi connectivity index (χ0n) is 12.9. The standard InChI is InChI=1S/C16H19N3O3.ClH/c1-9-2-5-11-12(6-9)16(22)19(15(11)21)8-14(20)18-13(7-17)10-3-4-10;/h2,5-6,10,13H,3-4,7-8,17H2,1H3,(H,18,20);1H. The van der Waals surface area contributed by atoms with E-state index in [0.717, 1.165) is 23.3 Å². The summed E-state index contributed by atoms with van der Waals surface area (Å²) in [6, 6.07) is 5.03. The van der Waals surface area contributed by atoms with E-state index in [1.807, 2.05) is 6.92 Å². The van der Waals surface area contributed by atoms with E-state index in [1.165, 1.54) is 0 Å². The molecule has 124 valence electrons. The van der Waals surface area contributed by atoms with Crippen molar-refractivity contribution >= 4 is 30.1 Å². The molecular formula is C16H20ClN3O3. The van der Waals surface area contributed by atoms with Crippen molar-refractivity contribution in [3.8, 4) is 0 Å². The lowest BCUT2D eigenvalue weighted by Crippen LogP contribution is -2.47. The Hall–Kier alpha value is -1.92. The Balaban J connectivity index is 0.00000192. The van der Waals surface area contributed by atoms with Crippen molar-refractivity contribution in [1.82, 2.24) is 10.2 Å². The molecule has 1 saturated carbocycles. The van der Waals surface area contributed by atoms with E-state index in [4.69, 9.17) is 5.73 Å². The van der Waals surface area contributed by atoms with Crippen molar-refractivity contribution in [1.29, 1.82) is 0 Å². The summed E-state index contributed by atoms with van der Waals surface area (Å²) in [7, 11) is 0. The fraction of sp³-hybridized carbons (Fsp3) is 0.438. The summed E-state index contributed by atoms with van der Waals surface area (Å²) in [6.45, 7) is 1.97. The lowest BCUT2D eigenvalue weighted by atomic mass is 10.1. The summed E-state index contributed by atoms with van der Waals surface area (Å²) < 4.78 is 0. The van der Waals surface area contributed by atoms with Gasteiger partial charge in [0.05, 0.1) is 11.1 Å². The molecule has 3 amide bonds. The molecule has 3 rings (SSSR count). The molecular weight excluding hydrogens is 318 g/mol. The van der Waals surface area contributed by atoms with Crippen LogP contribution in [0.5, 0.6) is 0 Å². The molecule has 0 aromatic heterocycles. The van der Waals surface area contributed by atoms with Crippen molar-refractivity contribution in [3.63, 3.8) is 0 Å². The van der Waals surface area contributed by atoms with Gasteiger partial charge in [-0.1, -0.05) is 11.6 Å². The Morgan fingerprint density at radius 1 is 1.30 bits per heavy atom. The minimum absolute atomic E-state index is 0. The second-order valence-electron chi connectivity index (χ2n) is 5.99. The van der Waals surface area contributed by atoms with E-state index in [9.17, 15) is 14.4 Å². The van der Waals surface area contributed by atoms with Crippen LogP contribution >= 0.6 is 12.4 Å². The highest BCUT2D eigenvalue weighted by Gasteiger charge is 2.37. The molecule has 1 unspecified atom stereocenters. The Morgan fingerprint density at radius 2 is 1.96 bits per heavy atom. The Morgan fingerprint density at radius 3 is 2.57 bits per heavy atom. The molecule has 1 fully saturated rings. The highest BCUT2D eigenvalue weighted by molar-refractivity contribution is 6.22. The zero-order valence-corrected chi connectivity index (χ0v) is 13.7. The Labute approximate surface area is 140 Å². The number of amides is 3. The number of halogens is 1. The summed E-state index contributed by atoms with van der Waals surface area (Å²) in [6.07, 6.45) is 2.13. The van der Waals surface area contributed by atoms with Crippen molar-refractivity contribution in [2.75, 3.05) is 13.1 Å². The molecule has 2 aliphatic rings. The number of hydrogen-bond donors (Lipinski definition) is 2. The maximum Gasteiger partial charge on any atom is 0.262 e. The van der Waals surface area contributed by atoms with Gasteiger partial charge in [0.25, 0.3) is 11.8 Å². The van der Waals surface area contributed by atoms with Crippen LogP contribution in [0.2, 0.25) is 0 Å². The van der Waals surface area contributed by atoms with Crippen LogP contribution in [0.15, 0.2) is 18.2 Å². The fourth-order valence-electron chi connectivity index (χ4n) is 2.81. The summed E-state index contributed by atoms with van der Waals surface area (Å²) >= 11 is 0. The van der Waals surface area contributed by atoms with Gasteiger partial charge in [0.2, 0.25) is 5.91 Å². The van der Waals surface area contributed by atoms with Gasteiger partial charge in [-0.05, 0) is 37.8 Å². The predicted octanol–water partition coefficient (Wildman–Crippen LogP) is 0.866. The first-order chi connectivity index (χ1) is 10.5. The number of nitrogens with two attached hydrogens (primary N) is 1. The summed E-state index contributed by atoms with van der Waals surface area (Å²) in [5.41, 5.74) is 7.29. The van der Waals surface area contributed by atoms with Crippen molar-refractivity contribution in [2.45, 2.75) is 25.8 Å². The average molecular weight is 338 g/mol. The molecule has 23 heavy (non-hydrogen) atoms. The largest absolute Gasteiger partial charge is 0.350 e. The number of nitrogens with zero attached hydrogens (tertiary/aromatic N) is 1. The van der Waals surface area contributed by atoms with E-state index in [0.29, 0.717) is 23.6 Å². The number of benzene rings is 1. The first-order valence-corrected chi connectivity index (χ1v) is 7.47. The maximum absolute atomic E-state index is 12.3. The smallest absolute Gasteiger partial charge is 0.262 e. The number of nitrogens with one attached hydrogen (secondary N) is 1. The molecule has 3 N–H and O–H groups in total. The average Bonchev–Trinajstić information content (AvgIpc) is 3.30. The monoisotopic (exact) mass is 337 g/mol. The van der Waals surface area contributed by atoms with Gasteiger partial charge in [-0.3, -0.25) is 19.3 Å². The number of imide groups is 1. The van der Waals surface area contributed by atoms with Crippen LogP contribution in [0.1, 0.15) is 39.1 Å². The Kier molecular flexibility index (Phi) is 5.06. The number of carbonyl (C=O) groups excluding carboxylic acids is 3. The number of carbonyl (C=O) groups is 3. The van der Waals surface area contributed by atoms with Crippen molar-refractivity contribution in [3.05, 3.63) is 34.9 Å². The molecule has 1 aromatic carbocycles. The van der Waals surface area contributed by atoms with Crippen LogP contribution in [0.3, 0.4) is 0 Å². The molecule has 6 nitrogen and oxygen atoms in total. The third kappa shape index (κ3) is 3.38. The molecule has 1 aliphatic heterocycles. The molecule has 1 atom stereocenters. The lowest BCUT2D eigenvalue weighted by molar-refractivity contribution is -0.122. The first kappa shape index (κ1) is 17.4. The Bertz CT molecular complexity index is 658. The molecule has 0 radical (unpaired) electrons. The molecule has 1 heterocycles. The van der Waals surface area contributed by atoms with Crippen LogP contribution < -0.4 is 11.1 Å². The van der Waals surface area contributed by atoms with Crippen LogP contribution in [-0.4, -0.2) is 41.8 Å². The van der Waals surface area contributed by atoms with Gasteiger partial charge in [-0.25, -0.2) is 0 Å². The molecule has 1 aliphatic carbocycles. The molecule has 0 bridgehead atoms. The minimum atomic E-state index is -0.411. The number of fused-ring (bicyclic) bond motifs is 1. The highest BCUT2D eigenvalue weighted by atomic mass is 35.5. The third-order valence-corrected chi connectivity index (χ3v) is 4.22. The van der Waals surface area contributed by atoms with Gasteiger partial charge in [0.1, 0.15) is 6.54 Å². The maximum atomic E-state index is 12.3. The summed E-state index contributed by atoms with van der Waals surface area (Å²) in [5, 5.41) is 2.82. The number of rotatable bonds is 5. The van der Waals surface area contributed by atoms with E-state index >= 15 is 0 Å². The topological polar surface area (TPSA) is 92.5 Å². The lowest BCUT2D eigenvalue weighted by Gasteiger charge is -2.19. The van der Waals surface area contributed by atoms with E-state index in [-0.39, 0.29) is 30.9 Å². The minimum Gasteiger partial charge on any atom is -0.350 e. The SMILES string of the molecule is Cc1ccc2c(c1)C(=O)N(CC(=O)NC(CN)C1CC1)C2=O.Cl. The molecule has 0 spiro atoms. The first-order valence-electron chi connectivity index (χ1n) is 7.47. The van der Waals surface area contributed by atoms with Crippen LogP contribution in [0.25, 0.3) is 0 Å². The van der Waals surface area contributed by atoms with E-state index in [1.54, 1.807) is 18.2 Å². The van der Waals surface area contributed by atoms with Gasteiger partial charge in [-0.15, -0.1) is 12.4 Å². The molecule has 1 aromatic rings. The number of hydrogen-bond acceptors (Lipinski definition) is 4. The second kappa shape index (κ2) is 6.68. The highest BCUT2D eigenvalue weighted by Crippen LogP contribution is 2.32. The number of aryl methyl sites for hydroxylation is 1. The van der Waals surface area contributed by atoms with Crippen molar-refractivity contribution < 1.29 is 14.4 Å². The van der Waals surface area contributed by atoms with Gasteiger partial charge in [0, 0.05) is 12.6 Å². The van der Waals surface area contributed by atoms with Crippen LogP contribution in [-0.2, 0) is 4.79 Å². The fourth-order valence-corrected chi connectivity index (χ4v) is 2.81.